The zero-order valence-corrected chi connectivity index (χ0v) is 16.4. The molecular formula is C19H19Cl2NO4. The molecule has 7 heteroatoms. The number of aryl methyl sites for hydroxylation is 1. The largest absolute Gasteiger partial charge is 0.454 e. The minimum atomic E-state index is -0.995. The fraction of sp³-hybridized carbons (Fsp3) is 0.316. The van der Waals surface area contributed by atoms with Crippen molar-refractivity contribution in [2.75, 3.05) is 0 Å². The molecule has 2 aromatic rings. The van der Waals surface area contributed by atoms with E-state index in [0.29, 0.717) is 32.4 Å². The Morgan fingerprint density at radius 3 is 2.38 bits per heavy atom. The van der Waals surface area contributed by atoms with Gasteiger partial charge in [-0.3, -0.25) is 14.4 Å². The van der Waals surface area contributed by atoms with E-state index < -0.39 is 17.9 Å². The Labute approximate surface area is 161 Å². The van der Waals surface area contributed by atoms with Gasteiger partial charge >= 0.3 is 5.97 Å². The summed E-state index contributed by atoms with van der Waals surface area (Å²) in [7, 11) is 0. The first kappa shape index (κ1) is 20.2. The third kappa shape index (κ3) is 4.34. The SMILES string of the molecule is CC(=O)c1c(C)[nH]c(C(=O)[C@H](C)OC(=O)Cc2ccc(Cl)cc2Cl)c1C. The highest BCUT2D eigenvalue weighted by molar-refractivity contribution is 6.35. The van der Waals surface area contributed by atoms with E-state index in [1.807, 2.05) is 0 Å². The van der Waals surface area contributed by atoms with Crippen LogP contribution >= 0.6 is 23.2 Å². The van der Waals surface area contributed by atoms with Crippen LogP contribution in [-0.2, 0) is 16.0 Å². The van der Waals surface area contributed by atoms with Gasteiger partial charge in [0.15, 0.2) is 11.9 Å². The molecule has 0 aliphatic carbocycles. The number of nitrogens with one attached hydrogen (secondary N) is 1. The van der Waals surface area contributed by atoms with Gasteiger partial charge < -0.3 is 9.72 Å². The summed E-state index contributed by atoms with van der Waals surface area (Å²) in [6.07, 6.45) is -1.07. The third-order valence-electron chi connectivity index (χ3n) is 4.06. The third-order valence-corrected chi connectivity index (χ3v) is 4.65. The van der Waals surface area contributed by atoms with Gasteiger partial charge in [-0.25, -0.2) is 0 Å². The zero-order valence-electron chi connectivity index (χ0n) is 14.9. The van der Waals surface area contributed by atoms with E-state index in [1.165, 1.54) is 19.9 Å². The molecule has 0 spiro atoms. The van der Waals surface area contributed by atoms with Gasteiger partial charge in [0.2, 0.25) is 5.78 Å². The van der Waals surface area contributed by atoms with Crippen LogP contribution in [0.3, 0.4) is 0 Å². The van der Waals surface area contributed by atoms with E-state index >= 15 is 0 Å². The van der Waals surface area contributed by atoms with Gasteiger partial charge in [-0.2, -0.15) is 0 Å². The van der Waals surface area contributed by atoms with Crippen LogP contribution in [0.4, 0.5) is 0 Å². The summed E-state index contributed by atoms with van der Waals surface area (Å²) in [6.45, 7) is 6.35. The van der Waals surface area contributed by atoms with Crippen molar-refractivity contribution < 1.29 is 19.1 Å². The molecular weight excluding hydrogens is 377 g/mol. The minimum absolute atomic E-state index is 0.0744. The molecule has 1 heterocycles. The molecule has 1 N–H and O–H groups in total. The average Bonchev–Trinajstić information content (AvgIpc) is 2.84. The maximum Gasteiger partial charge on any atom is 0.311 e. The highest BCUT2D eigenvalue weighted by atomic mass is 35.5. The second-order valence-electron chi connectivity index (χ2n) is 6.09. The summed E-state index contributed by atoms with van der Waals surface area (Å²) >= 11 is 11.9. The van der Waals surface area contributed by atoms with E-state index in [9.17, 15) is 14.4 Å². The number of Topliss-reactive ketones (excluding diaryl/α,β-unsaturated/α-hetero) is 2. The number of carbonyl (C=O) groups excluding carboxylic acids is 3. The first-order chi connectivity index (χ1) is 12.1. The smallest absolute Gasteiger partial charge is 0.311 e. The molecule has 1 aromatic carbocycles. The number of carbonyl (C=O) groups is 3. The number of benzene rings is 1. The summed E-state index contributed by atoms with van der Waals surface area (Å²) in [5, 5.41) is 0.824. The maximum atomic E-state index is 12.6. The highest BCUT2D eigenvalue weighted by Crippen LogP contribution is 2.23. The number of aromatic amines is 1. The number of hydrogen-bond acceptors (Lipinski definition) is 4. The summed E-state index contributed by atoms with van der Waals surface area (Å²) < 4.78 is 5.24. The number of ether oxygens (including phenoxy) is 1. The number of ketones is 2. The van der Waals surface area contributed by atoms with Gasteiger partial charge in [0, 0.05) is 21.3 Å². The van der Waals surface area contributed by atoms with Crippen molar-refractivity contribution >= 4 is 40.7 Å². The molecule has 0 fully saturated rings. The Bertz CT molecular complexity index is 886. The Morgan fingerprint density at radius 2 is 1.85 bits per heavy atom. The average molecular weight is 396 g/mol. The van der Waals surface area contributed by atoms with Crippen molar-refractivity contribution in [1.29, 1.82) is 0 Å². The monoisotopic (exact) mass is 395 g/mol. The van der Waals surface area contributed by atoms with Crippen molar-refractivity contribution in [1.82, 2.24) is 4.98 Å². The molecule has 5 nitrogen and oxygen atoms in total. The molecule has 0 aliphatic heterocycles. The van der Waals surface area contributed by atoms with Crippen LogP contribution in [0.15, 0.2) is 18.2 Å². The van der Waals surface area contributed by atoms with Crippen LogP contribution in [0.5, 0.6) is 0 Å². The van der Waals surface area contributed by atoms with Crippen LogP contribution in [0.2, 0.25) is 10.0 Å². The predicted octanol–water partition coefficient (Wildman–Crippen LogP) is 4.50. The first-order valence-corrected chi connectivity index (χ1v) is 8.75. The van der Waals surface area contributed by atoms with Gasteiger partial charge in [0.05, 0.1) is 12.1 Å². The van der Waals surface area contributed by atoms with Gasteiger partial charge in [0.25, 0.3) is 0 Å². The van der Waals surface area contributed by atoms with Crippen molar-refractivity contribution in [2.24, 2.45) is 0 Å². The van der Waals surface area contributed by atoms with Crippen LogP contribution in [0, 0.1) is 13.8 Å². The lowest BCUT2D eigenvalue weighted by molar-refractivity contribution is -0.145. The summed E-state index contributed by atoms with van der Waals surface area (Å²) in [4.78, 5) is 39.3. The Hall–Kier alpha value is -2.11. The summed E-state index contributed by atoms with van der Waals surface area (Å²) in [5.74, 6) is -1.10. The zero-order chi connectivity index (χ0) is 19.6. The van der Waals surface area contributed by atoms with Crippen molar-refractivity contribution in [3.63, 3.8) is 0 Å². The lowest BCUT2D eigenvalue weighted by Crippen LogP contribution is -2.26. The Kier molecular flexibility index (Phi) is 6.26. The first-order valence-electron chi connectivity index (χ1n) is 7.99. The quantitative estimate of drug-likeness (QED) is 0.576. The molecule has 0 saturated heterocycles. The minimum Gasteiger partial charge on any atom is -0.454 e. The molecule has 2 rings (SSSR count). The number of aromatic nitrogens is 1. The molecule has 0 aliphatic rings. The van der Waals surface area contributed by atoms with E-state index in [2.05, 4.69) is 4.98 Å². The normalized spacial score (nSPS) is 11.9. The molecule has 0 amide bonds. The molecule has 0 saturated carbocycles. The molecule has 26 heavy (non-hydrogen) atoms. The fourth-order valence-corrected chi connectivity index (χ4v) is 3.32. The Morgan fingerprint density at radius 1 is 1.19 bits per heavy atom. The number of hydrogen-bond donors (Lipinski definition) is 1. The topological polar surface area (TPSA) is 76.2 Å². The highest BCUT2D eigenvalue weighted by Gasteiger charge is 2.26. The second-order valence-corrected chi connectivity index (χ2v) is 6.93. The van der Waals surface area contributed by atoms with E-state index in [1.54, 1.807) is 26.0 Å². The summed E-state index contributed by atoms with van der Waals surface area (Å²) in [5.41, 5.74) is 2.50. The number of esters is 1. The van der Waals surface area contributed by atoms with Crippen molar-refractivity contribution in [3.8, 4) is 0 Å². The lowest BCUT2D eigenvalue weighted by atomic mass is 10.0. The van der Waals surface area contributed by atoms with Crippen LogP contribution in [0.1, 0.15) is 51.5 Å². The standard InChI is InChI=1S/C19H19Cl2NO4/c1-9-17(11(3)23)10(2)22-18(9)19(25)12(4)26-16(24)7-13-5-6-14(20)8-15(13)21/h5-6,8,12,22H,7H2,1-4H3/t12-/m0/s1. The fourth-order valence-electron chi connectivity index (χ4n) is 2.84. The van der Waals surface area contributed by atoms with Gasteiger partial charge in [-0.15, -0.1) is 0 Å². The second kappa shape index (κ2) is 8.06. The van der Waals surface area contributed by atoms with Crippen LogP contribution < -0.4 is 0 Å². The van der Waals surface area contributed by atoms with Gasteiger partial charge in [-0.1, -0.05) is 29.3 Å². The predicted molar refractivity (Wildman–Crippen MR) is 100 cm³/mol. The van der Waals surface area contributed by atoms with Crippen LogP contribution in [-0.4, -0.2) is 28.6 Å². The van der Waals surface area contributed by atoms with Gasteiger partial charge in [-0.05, 0) is 51.0 Å². The van der Waals surface area contributed by atoms with E-state index in [-0.39, 0.29) is 17.9 Å². The molecule has 1 atom stereocenters. The molecule has 0 bridgehead atoms. The number of rotatable bonds is 6. The molecule has 0 unspecified atom stereocenters. The number of H-pyrrole nitrogens is 1. The van der Waals surface area contributed by atoms with E-state index in [4.69, 9.17) is 27.9 Å². The maximum absolute atomic E-state index is 12.6. The molecule has 138 valence electrons. The molecule has 0 radical (unpaired) electrons. The van der Waals surface area contributed by atoms with Crippen molar-refractivity contribution in [3.05, 3.63) is 56.3 Å². The molecule has 1 aromatic heterocycles. The number of halogens is 2. The van der Waals surface area contributed by atoms with Crippen molar-refractivity contribution in [2.45, 2.75) is 40.2 Å². The van der Waals surface area contributed by atoms with Gasteiger partial charge in [0.1, 0.15) is 0 Å². The van der Waals surface area contributed by atoms with E-state index in [0.717, 1.165) is 0 Å². The Balaban J connectivity index is 2.10. The summed E-state index contributed by atoms with van der Waals surface area (Å²) in [6, 6.07) is 4.80. The lowest BCUT2D eigenvalue weighted by Gasteiger charge is -2.13. The van der Waals surface area contributed by atoms with Crippen LogP contribution in [0.25, 0.3) is 0 Å².